The van der Waals surface area contributed by atoms with E-state index >= 15 is 0 Å². The first-order valence-corrected chi connectivity index (χ1v) is 6.32. The Hall–Kier alpha value is -1.95. The van der Waals surface area contributed by atoms with Crippen LogP contribution in [0.2, 0.25) is 0 Å². The van der Waals surface area contributed by atoms with E-state index in [4.69, 9.17) is 5.11 Å². The highest BCUT2D eigenvalue weighted by Gasteiger charge is 2.11. The smallest absolute Gasteiger partial charge is 0.337 e. The molecule has 18 heavy (non-hydrogen) atoms. The van der Waals surface area contributed by atoms with Gasteiger partial charge >= 0.3 is 5.97 Å². The number of pyridine rings is 1. The minimum Gasteiger partial charge on any atom is -0.478 e. The number of nitrogens with zero attached hydrogens (tertiary/aromatic N) is 2. The van der Waals surface area contributed by atoms with Gasteiger partial charge in [-0.15, -0.1) is 11.3 Å². The van der Waals surface area contributed by atoms with Crippen LogP contribution in [0, 0.1) is 6.92 Å². The van der Waals surface area contributed by atoms with Crippen LogP contribution in [-0.4, -0.2) is 21.0 Å². The van der Waals surface area contributed by atoms with Crippen molar-refractivity contribution >= 4 is 23.1 Å². The fourth-order valence-electron chi connectivity index (χ4n) is 1.60. The third kappa shape index (κ3) is 2.65. The molecule has 1 unspecified atom stereocenters. The zero-order valence-corrected chi connectivity index (χ0v) is 10.9. The van der Waals surface area contributed by atoms with Gasteiger partial charge in [0.2, 0.25) is 0 Å². The average Bonchev–Trinajstić information content (AvgIpc) is 2.81. The van der Waals surface area contributed by atoms with Crippen LogP contribution in [0.25, 0.3) is 0 Å². The second kappa shape index (κ2) is 5.14. The maximum atomic E-state index is 10.9. The molecule has 0 aliphatic rings. The number of hydrogen-bond acceptors (Lipinski definition) is 5. The molecule has 1 atom stereocenters. The fraction of sp³-hybridized carbons (Fsp3) is 0.250. The van der Waals surface area contributed by atoms with E-state index in [0.29, 0.717) is 11.5 Å². The van der Waals surface area contributed by atoms with Gasteiger partial charge in [-0.1, -0.05) is 0 Å². The van der Waals surface area contributed by atoms with Crippen molar-refractivity contribution in [2.45, 2.75) is 19.9 Å². The van der Waals surface area contributed by atoms with Gasteiger partial charge in [-0.25, -0.2) is 14.8 Å². The molecule has 0 spiro atoms. The topological polar surface area (TPSA) is 75.1 Å². The first-order valence-electron chi connectivity index (χ1n) is 5.45. The third-order valence-electron chi connectivity index (χ3n) is 2.50. The van der Waals surface area contributed by atoms with E-state index < -0.39 is 5.97 Å². The van der Waals surface area contributed by atoms with Crippen LogP contribution in [0.3, 0.4) is 0 Å². The van der Waals surface area contributed by atoms with Crippen molar-refractivity contribution < 1.29 is 9.90 Å². The molecular formula is C12H13N3O2S. The molecule has 2 rings (SSSR count). The van der Waals surface area contributed by atoms with E-state index in [2.05, 4.69) is 15.3 Å². The van der Waals surface area contributed by atoms with Crippen LogP contribution in [0.15, 0.2) is 23.7 Å². The molecule has 6 heteroatoms. The molecule has 0 radical (unpaired) electrons. The molecule has 0 fully saturated rings. The lowest BCUT2D eigenvalue weighted by Gasteiger charge is -2.12. The van der Waals surface area contributed by atoms with Crippen LogP contribution in [0.5, 0.6) is 0 Å². The van der Waals surface area contributed by atoms with E-state index in [0.717, 1.165) is 5.01 Å². The predicted molar refractivity (Wildman–Crippen MR) is 70.1 cm³/mol. The number of anilines is 1. The second-order valence-electron chi connectivity index (χ2n) is 3.87. The van der Waals surface area contributed by atoms with Crippen molar-refractivity contribution in [3.63, 3.8) is 0 Å². The molecule has 0 saturated carbocycles. The molecule has 2 N–H and O–H groups in total. The van der Waals surface area contributed by atoms with E-state index in [9.17, 15) is 4.79 Å². The Balaban J connectivity index is 2.15. The van der Waals surface area contributed by atoms with Gasteiger partial charge in [0.1, 0.15) is 10.8 Å². The number of aromatic nitrogens is 2. The van der Waals surface area contributed by atoms with E-state index in [1.807, 2.05) is 12.3 Å². The summed E-state index contributed by atoms with van der Waals surface area (Å²) in [5.41, 5.74) is 0.723. The number of thiazole rings is 1. The summed E-state index contributed by atoms with van der Waals surface area (Å²) < 4.78 is 0. The van der Waals surface area contributed by atoms with Crippen molar-refractivity contribution in [1.82, 2.24) is 9.97 Å². The number of rotatable bonds is 4. The SMILES string of the molecule is Cc1nc(NC(C)c2nccs2)ccc1C(=O)O. The molecule has 0 aromatic carbocycles. The molecule has 0 aliphatic carbocycles. The van der Waals surface area contributed by atoms with E-state index in [1.54, 1.807) is 36.6 Å². The van der Waals surface area contributed by atoms with Crippen LogP contribution in [0.1, 0.15) is 34.0 Å². The summed E-state index contributed by atoms with van der Waals surface area (Å²) >= 11 is 1.57. The van der Waals surface area contributed by atoms with E-state index in [1.165, 1.54) is 0 Å². The van der Waals surface area contributed by atoms with Crippen molar-refractivity contribution in [2.24, 2.45) is 0 Å². The molecule has 2 aromatic heterocycles. The molecule has 0 amide bonds. The van der Waals surface area contributed by atoms with Gasteiger partial charge in [0.05, 0.1) is 17.3 Å². The highest BCUT2D eigenvalue weighted by Crippen LogP contribution is 2.20. The lowest BCUT2D eigenvalue weighted by Crippen LogP contribution is -2.09. The first-order chi connectivity index (χ1) is 8.58. The summed E-state index contributed by atoms with van der Waals surface area (Å²) in [5.74, 6) is -0.306. The molecule has 2 heterocycles. The van der Waals surface area contributed by atoms with Crippen LogP contribution in [0.4, 0.5) is 5.82 Å². The lowest BCUT2D eigenvalue weighted by atomic mass is 10.2. The standard InChI is InChI=1S/C12H13N3O2S/c1-7-9(12(16)17)3-4-10(14-7)15-8(2)11-13-5-6-18-11/h3-6,8H,1-2H3,(H,14,15)(H,16,17). The van der Waals surface area contributed by atoms with Gasteiger partial charge < -0.3 is 10.4 Å². The number of nitrogens with one attached hydrogen (secondary N) is 1. The first kappa shape index (κ1) is 12.5. The average molecular weight is 263 g/mol. The predicted octanol–water partition coefficient (Wildman–Crippen LogP) is 2.72. The Kier molecular flexibility index (Phi) is 3.57. The van der Waals surface area contributed by atoms with Gasteiger partial charge in [0, 0.05) is 11.6 Å². The van der Waals surface area contributed by atoms with Gasteiger partial charge in [0.15, 0.2) is 0 Å². The Bertz CT molecular complexity index is 554. The zero-order valence-electron chi connectivity index (χ0n) is 10.0. The summed E-state index contributed by atoms with van der Waals surface area (Å²) in [7, 11) is 0. The number of aryl methyl sites for hydroxylation is 1. The minimum atomic E-state index is -0.959. The molecule has 0 saturated heterocycles. The van der Waals surface area contributed by atoms with Crippen LogP contribution < -0.4 is 5.32 Å². The molecule has 5 nitrogen and oxygen atoms in total. The van der Waals surface area contributed by atoms with Gasteiger partial charge in [-0.2, -0.15) is 0 Å². The molecule has 94 valence electrons. The number of aromatic carboxylic acids is 1. The number of carboxylic acids is 1. The molecular weight excluding hydrogens is 250 g/mol. The van der Waals surface area contributed by atoms with Gasteiger partial charge in [-0.05, 0) is 26.0 Å². The second-order valence-corrected chi connectivity index (χ2v) is 4.80. The minimum absolute atomic E-state index is 0.0487. The molecule has 2 aromatic rings. The quantitative estimate of drug-likeness (QED) is 0.887. The maximum absolute atomic E-state index is 10.9. The highest BCUT2D eigenvalue weighted by molar-refractivity contribution is 7.09. The van der Waals surface area contributed by atoms with Crippen LogP contribution >= 0.6 is 11.3 Å². The lowest BCUT2D eigenvalue weighted by molar-refractivity contribution is 0.0695. The number of carbonyl (C=O) groups is 1. The van der Waals surface area contributed by atoms with Crippen molar-refractivity contribution in [3.05, 3.63) is 40.0 Å². The monoisotopic (exact) mass is 263 g/mol. The Labute approximate surface area is 109 Å². The largest absolute Gasteiger partial charge is 0.478 e. The summed E-state index contributed by atoms with van der Waals surface area (Å²) in [4.78, 5) is 19.3. The van der Waals surface area contributed by atoms with E-state index in [-0.39, 0.29) is 11.6 Å². The number of carboxylic acid groups (broad SMARTS) is 1. The number of hydrogen-bond donors (Lipinski definition) is 2. The van der Waals surface area contributed by atoms with Crippen molar-refractivity contribution in [1.29, 1.82) is 0 Å². The summed E-state index contributed by atoms with van der Waals surface area (Å²) in [6, 6.07) is 3.27. The summed E-state index contributed by atoms with van der Waals surface area (Å²) in [6.45, 7) is 3.67. The Morgan fingerprint density at radius 2 is 2.28 bits per heavy atom. The highest BCUT2D eigenvalue weighted by atomic mass is 32.1. The van der Waals surface area contributed by atoms with Crippen LogP contribution in [-0.2, 0) is 0 Å². The fourth-order valence-corrected chi connectivity index (χ4v) is 2.25. The Morgan fingerprint density at radius 1 is 1.50 bits per heavy atom. The molecule has 0 aliphatic heterocycles. The maximum Gasteiger partial charge on any atom is 0.337 e. The van der Waals surface area contributed by atoms with Crippen molar-refractivity contribution in [3.8, 4) is 0 Å². The summed E-state index contributed by atoms with van der Waals surface area (Å²) in [5, 5.41) is 15.0. The van der Waals surface area contributed by atoms with Gasteiger partial charge in [-0.3, -0.25) is 0 Å². The summed E-state index contributed by atoms with van der Waals surface area (Å²) in [6.07, 6.45) is 1.75. The normalized spacial score (nSPS) is 12.1. The zero-order chi connectivity index (χ0) is 13.1. The Morgan fingerprint density at radius 3 is 2.83 bits per heavy atom. The van der Waals surface area contributed by atoms with Gasteiger partial charge in [0.25, 0.3) is 0 Å². The van der Waals surface area contributed by atoms with Crippen molar-refractivity contribution in [2.75, 3.05) is 5.32 Å². The third-order valence-corrected chi connectivity index (χ3v) is 3.46. The molecule has 0 bridgehead atoms.